The molecular weight excluding hydrogens is 655 g/mol. The van der Waals surface area contributed by atoms with Crippen LogP contribution in [0.25, 0.3) is 0 Å². The third-order valence-corrected chi connectivity index (χ3v) is 6.94. The lowest BCUT2D eigenvalue weighted by Gasteiger charge is -2.36. The fraction of sp³-hybridized carbons (Fsp3) is 0.677. The first-order chi connectivity index (χ1) is 22.5. The van der Waals surface area contributed by atoms with Crippen LogP contribution in [0.2, 0.25) is 0 Å². The zero-order valence-electron chi connectivity index (χ0n) is 28.1. The Morgan fingerprint density at radius 3 is 1.44 bits per heavy atom. The highest BCUT2D eigenvalue weighted by atomic mass is 19.2. The number of Topliss-reactive ketones (excluding diaryl/α,β-unsaturated/α-hetero) is 1. The van der Waals surface area contributed by atoms with Gasteiger partial charge in [0.15, 0.2) is 5.78 Å². The summed E-state index contributed by atoms with van der Waals surface area (Å²) in [6.45, 7) is 9.91. The van der Waals surface area contributed by atoms with E-state index in [9.17, 15) is 41.1 Å². The predicted octanol–water partition coefficient (Wildman–Crippen LogP) is 3.12. The Balaban J connectivity index is 2.05. The number of esters is 1. The molecule has 48 heavy (non-hydrogen) atoms. The summed E-state index contributed by atoms with van der Waals surface area (Å²) in [5, 5.41) is 2.73. The molecule has 0 radical (unpaired) electrons. The van der Waals surface area contributed by atoms with Crippen molar-refractivity contribution in [2.24, 2.45) is 5.92 Å². The fourth-order valence-corrected chi connectivity index (χ4v) is 3.82. The van der Waals surface area contributed by atoms with E-state index >= 15 is 0 Å². The lowest BCUT2D eigenvalue weighted by molar-refractivity contribution is -0.145. The van der Waals surface area contributed by atoms with Crippen LogP contribution < -0.4 is 10.1 Å². The average Bonchev–Trinajstić information content (AvgIpc) is 3.03. The standard InChI is InChI=1S/C31H45F5N2O10/c1-19(2)28(20(3)39)37-30(42)31(4,5)38(6)21(40)7-9-43-11-13-45-15-17-47-18-16-46-14-12-44-10-8-22(41)48-29-26(35)24(33)23(32)25(34)27(29)36/h19,28H,7-18H2,1-6H3,(H,37,42)/t28-/m0/s1. The van der Waals surface area contributed by atoms with E-state index in [4.69, 9.17) is 23.7 Å². The van der Waals surface area contributed by atoms with E-state index in [-0.39, 0.29) is 90.1 Å². The van der Waals surface area contributed by atoms with Crippen molar-refractivity contribution in [3.63, 3.8) is 0 Å². The normalized spacial score (nSPS) is 12.2. The highest BCUT2D eigenvalue weighted by molar-refractivity contribution is 5.94. The molecule has 0 aliphatic carbocycles. The number of nitrogens with one attached hydrogen (secondary N) is 1. The summed E-state index contributed by atoms with van der Waals surface area (Å²) >= 11 is 0. The Hall–Kier alpha value is -3.25. The molecule has 0 aliphatic rings. The molecule has 0 unspecified atom stereocenters. The van der Waals surface area contributed by atoms with Crippen LogP contribution in [0.1, 0.15) is 47.5 Å². The third kappa shape index (κ3) is 14.1. The molecule has 0 spiro atoms. The number of ketones is 1. The summed E-state index contributed by atoms with van der Waals surface area (Å²) < 4.78 is 97.2. The van der Waals surface area contributed by atoms with E-state index in [0.29, 0.717) is 0 Å². The Labute approximate surface area is 276 Å². The SMILES string of the molecule is CC(=O)[C@@H](NC(=O)C(C)(C)N(C)C(=O)CCOCCOCCOCCOCCOCCC(=O)Oc1c(F)c(F)c(F)c(F)c1F)C(C)C. The maximum Gasteiger partial charge on any atom is 0.313 e. The Morgan fingerprint density at radius 1 is 0.667 bits per heavy atom. The van der Waals surface area contributed by atoms with E-state index < -0.39 is 64.7 Å². The van der Waals surface area contributed by atoms with Crippen molar-refractivity contribution in [1.82, 2.24) is 10.2 Å². The molecule has 12 nitrogen and oxygen atoms in total. The summed E-state index contributed by atoms with van der Waals surface area (Å²) in [6.07, 6.45) is -0.455. The zero-order chi connectivity index (χ0) is 36.4. The molecule has 2 amide bonds. The first-order valence-corrected chi connectivity index (χ1v) is 15.2. The number of carbonyl (C=O) groups is 4. The van der Waals surface area contributed by atoms with Gasteiger partial charge in [0.05, 0.1) is 85.0 Å². The molecule has 1 N–H and O–H groups in total. The van der Waals surface area contributed by atoms with Crippen LogP contribution in [-0.2, 0) is 42.9 Å². The van der Waals surface area contributed by atoms with Crippen LogP contribution >= 0.6 is 0 Å². The monoisotopic (exact) mass is 700 g/mol. The van der Waals surface area contributed by atoms with Gasteiger partial charge in [-0.25, -0.2) is 13.2 Å². The van der Waals surface area contributed by atoms with E-state index in [1.165, 1.54) is 18.9 Å². The largest absolute Gasteiger partial charge is 0.420 e. The van der Waals surface area contributed by atoms with Crippen molar-refractivity contribution >= 4 is 23.6 Å². The average molecular weight is 701 g/mol. The van der Waals surface area contributed by atoms with Crippen LogP contribution in [-0.4, -0.2) is 113 Å². The molecule has 0 aromatic heterocycles. The topological polar surface area (TPSA) is 139 Å². The first kappa shape index (κ1) is 42.8. The number of rotatable bonds is 24. The molecule has 0 aliphatic heterocycles. The number of benzene rings is 1. The molecule has 1 aromatic carbocycles. The fourth-order valence-electron chi connectivity index (χ4n) is 3.82. The van der Waals surface area contributed by atoms with Crippen LogP contribution in [0, 0.1) is 35.0 Å². The van der Waals surface area contributed by atoms with Gasteiger partial charge < -0.3 is 38.6 Å². The van der Waals surface area contributed by atoms with Crippen LogP contribution in [0.15, 0.2) is 0 Å². The molecule has 0 fully saturated rings. The van der Waals surface area contributed by atoms with Gasteiger partial charge in [-0.05, 0) is 26.7 Å². The predicted molar refractivity (Wildman–Crippen MR) is 159 cm³/mol. The molecule has 1 rings (SSSR count). The second-order valence-electron chi connectivity index (χ2n) is 11.3. The maximum atomic E-state index is 13.5. The van der Waals surface area contributed by atoms with Gasteiger partial charge in [-0.3, -0.25) is 19.2 Å². The lowest BCUT2D eigenvalue weighted by Crippen LogP contribution is -2.59. The molecular formula is C31H45F5N2O10. The maximum absolute atomic E-state index is 13.5. The number of carbonyl (C=O) groups excluding carboxylic acids is 4. The molecule has 0 bridgehead atoms. The van der Waals surface area contributed by atoms with Crippen LogP contribution in [0.5, 0.6) is 5.75 Å². The Kier molecular flexibility index (Phi) is 19.3. The molecule has 0 heterocycles. The minimum atomic E-state index is -2.36. The summed E-state index contributed by atoms with van der Waals surface area (Å²) in [5.74, 6) is -15.2. The quantitative estimate of drug-likeness (QED) is 0.0428. The van der Waals surface area contributed by atoms with Gasteiger partial charge in [0.1, 0.15) is 5.54 Å². The summed E-state index contributed by atoms with van der Waals surface area (Å²) in [4.78, 5) is 50.2. The Bertz CT molecular complexity index is 1190. The summed E-state index contributed by atoms with van der Waals surface area (Å²) in [5.41, 5.74) is -1.17. The number of ether oxygens (including phenoxy) is 6. The van der Waals surface area contributed by atoms with Crippen molar-refractivity contribution in [1.29, 1.82) is 0 Å². The van der Waals surface area contributed by atoms with Gasteiger partial charge in [-0.1, -0.05) is 13.8 Å². The second-order valence-corrected chi connectivity index (χ2v) is 11.3. The molecule has 1 aromatic rings. The van der Waals surface area contributed by atoms with Gasteiger partial charge in [-0.15, -0.1) is 0 Å². The van der Waals surface area contributed by atoms with Gasteiger partial charge >= 0.3 is 5.97 Å². The van der Waals surface area contributed by atoms with E-state index in [1.54, 1.807) is 13.8 Å². The number of halogens is 5. The van der Waals surface area contributed by atoms with E-state index in [1.807, 2.05) is 13.8 Å². The third-order valence-electron chi connectivity index (χ3n) is 6.94. The molecule has 274 valence electrons. The van der Waals surface area contributed by atoms with Crippen molar-refractivity contribution in [3.8, 4) is 5.75 Å². The lowest BCUT2D eigenvalue weighted by atomic mass is 9.96. The van der Waals surface area contributed by atoms with E-state index in [0.717, 1.165) is 0 Å². The zero-order valence-corrected chi connectivity index (χ0v) is 28.1. The smallest absolute Gasteiger partial charge is 0.313 e. The number of likely N-dealkylation sites (N-methyl/N-ethyl adjacent to an activating group) is 1. The van der Waals surface area contributed by atoms with Gasteiger partial charge in [-0.2, -0.15) is 8.78 Å². The van der Waals surface area contributed by atoms with Gasteiger partial charge in [0, 0.05) is 7.05 Å². The molecule has 0 saturated heterocycles. The number of amides is 2. The highest BCUT2D eigenvalue weighted by Crippen LogP contribution is 2.29. The second kappa shape index (κ2) is 21.7. The highest BCUT2D eigenvalue weighted by Gasteiger charge is 2.37. The number of hydrogen-bond donors (Lipinski definition) is 1. The Morgan fingerprint density at radius 2 is 1.04 bits per heavy atom. The van der Waals surface area contributed by atoms with Crippen molar-refractivity contribution in [3.05, 3.63) is 29.1 Å². The van der Waals surface area contributed by atoms with Crippen molar-refractivity contribution < 1.29 is 69.6 Å². The molecule has 0 saturated carbocycles. The van der Waals surface area contributed by atoms with Crippen molar-refractivity contribution in [2.75, 3.05) is 73.1 Å². The number of hydrogen-bond acceptors (Lipinski definition) is 10. The minimum absolute atomic E-state index is 0.0493. The van der Waals surface area contributed by atoms with Crippen LogP contribution in [0.4, 0.5) is 22.0 Å². The first-order valence-electron chi connectivity index (χ1n) is 15.2. The van der Waals surface area contributed by atoms with Crippen molar-refractivity contribution in [2.45, 2.75) is 59.0 Å². The van der Waals surface area contributed by atoms with Gasteiger partial charge in [0.2, 0.25) is 46.6 Å². The van der Waals surface area contributed by atoms with E-state index in [2.05, 4.69) is 10.1 Å². The molecule has 1 atom stereocenters. The number of nitrogens with zero attached hydrogens (tertiary/aromatic N) is 1. The summed E-state index contributed by atoms with van der Waals surface area (Å²) in [7, 11) is 1.52. The molecule has 17 heteroatoms. The van der Waals surface area contributed by atoms with Gasteiger partial charge in [0.25, 0.3) is 0 Å². The van der Waals surface area contributed by atoms with Crippen LogP contribution in [0.3, 0.4) is 0 Å². The summed E-state index contributed by atoms with van der Waals surface area (Å²) in [6, 6.07) is -0.636. The minimum Gasteiger partial charge on any atom is -0.420 e.